The largest absolute Gasteiger partial charge is 0.465 e. The molecule has 1 aliphatic heterocycles. The van der Waals surface area contributed by atoms with E-state index < -0.39 is 0 Å². The highest BCUT2D eigenvalue weighted by atomic mass is 16.5. The minimum atomic E-state index is -0.338. The van der Waals surface area contributed by atoms with E-state index in [1.807, 2.05) is 24.3 Å². The number of nitrogens with one attached hydrogen (secondary N) is 1. The summed E-state index contributed by atoms with van der Waals surface area (Å²) in [6.45, 7) is 7.65. The number of rotatable bonds is 3. The highest BCUT2D eigenvalue weighted by Gasteiger charge is 2.22. The molecule has 2 heterocycles. The van der Waals surface area contributed by atoms with Crippen molar-refractivity contribution >= 4 is 22.6 Å². The summed E-state index contributed by atoms with van der Waals surface area (Å²) >= 11 is 0. The summed E-state index contributed by atoms with van der Waals surface area (Å²) < 4.78 is 4.86. The van der Waals surface area contributed by atoms with Gasteiger partial charge in [-0.05, 0) is 6.92 Å². The van der Waals surface area contributed by atoms with E-state index in [-0.39, 0.29) is 5.97 Å². The number of quaternary nitrogens is 1. The van der Waals surface area contributed by atoms with Gasteiger partial charge in [0, 0.05) is 17.0 Å². The standard InChI is InChI=1S/C17H21N3O2/c1-3-19-8-10-20(11-9-19)16-14-7-5-4-6-13(14)15(12-18-16)17(21)22-2/h4-7,12H,3,8-11H2,1-2H3/p+1. The first-order valence-corrected chi connectivity index (χ1v) is 7.79. The Morgan fingerprint density at radius 2 is 1.95 bits per heavy atom. The molecule has 0 spiro atoms. The molecule has 2 aromatic rings. The van der Waals surface area contributed by atoms with Crippen molar-refractivity contribution in [1.82, 2.24) is 4.98 Å². The number of esters is 1. The third-order valence-corrected chi connectivity index (χ3v) is 4.45. The quantitative estimate of drug-likeness (QED) is 0.850. The van der Waals surface area contributed by atoms with Crippen molar-refractivity contribution in [3.05, 3.63) is 36.0 Å². The van der Waals surface area contributed by atoms with Crippen molar-refractivity contribution in [2.24, 2.45) is 0 Å². The maximum absolute atomic E-state index is 11.9. The topological polar surface area (TPSA) is 46.9 Å². The van der Waals surface area contributed by atoms with Crippen molar-refractivity contribution < 1.29 is 14.4 Å². The summed E-state index contributed by atoms with van der Waals surface area (Å²) in [6, 6.07) is 7.92. The summed E-state index contributed by atoms with van der Waals surface area (Å²) in [5, 5.41) is 1.93. The minimum absolute atomic E-state index is 0.338. The minimum Gasteiger partial charge on any atom is -0.465 e. The number of pyridine rings is 1. The average molecular weight is 300 g/mol. The van der Waals surface area contributed by atoms with E-state index in [4.69, 9.17) is 4.74 Å². The second kappa shape index (κ2) is 6.32. The average Bonchev–Trinajstić information content (AvgIpc) is 2.60. The first kappa shape index (κ1) is 14.8. The lowest BCUT2D eigenvalue weighted by atomic mass is 10.1. The van der Waals surface area contributed by atoms with Gasteiger partial charge in [-0.2, -0.15) is 0 Å². The van der Waals surface area contributed by atoms with Gasteiger partial charge in [0.1, 0.15) is 5.82 Å². The molecule has 0 aliphatic carbocycles. The molecule has 1 aromatic heterocycles. The van der Waals surface area contributed by atoms with E-state index in [1.54, 1.807) is 11.1 Å². The third-order valence-electron chi connectivity index (χ3n) is 4.45. The molecule has 0 unspecified atom stereocenters. The van der Waals surface area contributed by atoms with Crippen LogP contribution < -0.4 is 9.80 Å². The molecule has 0 saturated carbocycles. The number of ether oxygens (including phenoxy) is 1. The molecule has 22 heavy (non-hydrogen) atoms. The van der Waals surface area contributed by atoms with Gasteiger partial charge in [-0.15, -0.1) is 0 Å². The predicted octanol–water partition coefficient (Wildman–Crippen LogP) is 0.746. The van der Waals surface area contributed by atoms with Gasteiger partial charge in [0.05, 0.1) is 45.4 Å². The van der Waals surface area contributed by atoms with Crippen LogP contribution in [0.3, 0.4) is 0 Å². The SMILES string of the molecule is CC[NH+]1CCN(c2ncc(C(=O)OC)c3ccccc23)CC1. The van der Waals surface area contributed by atoms with Gasteiger partial charge in [0.25, 0.3) is 0 Å². The molecule has 0 bridgehead atoms. The summed E-state index contributed by atoms with van der Waals surface area (Å²) in [7, 11) is 1.40. The Hall–Kier alpha value is -2.14. The normalized spacial score (nSPS) is 16.0. The maximum atomic E-state index is 11.9. The van der Waals surface area contributed by atoms with Crippen LogP contribution in [-0.4, -0.2) is 50.8 Å². The number of likely N-dealkylation sites (N-methyl/N-ethyl adjacent to an activating group) is 1. The second-order valence-corrected chi connectivity index (χ2v) is 5.62. The molecule has 0 radical (unpaired) electrons. The molecule has 0 amide bonds. The van der Waals surface area contributed by atoms with E-state index in [9.17, 15) is 4.79 Å². The van der Waals surface area contributed by atoms with Crippen LogP contribution in [0.25, 0.3) is 10.8 Å². The van der Waals surface area contributed by atoms with Gasteiger partial charge in [0.15, 0.2) is 0 Å². The molecule has 1 aliphatic rings. The molecule has 1 N–H and O–H groups in total. The van der Waals surface area contributed by atoms with Gasteiger partial charge >= 0.3 is 5.97 Å². The van der Waals surface area contributed by atoms with Gasteiger partial charge in [-0.25, -0.2) is 9.78 Å². The zero-order valence-corrected chi connectivity index (χ0v) is 13.1. The van der Waals surface area contributed by atoms with Crippen LogP contribution in [0, 0.1) is 0 Å². The van der Waals surface area contributed by atoms with Crippen molar-refractivity contribution in [2.75, 3.05) is 44.7 Å². The van der Waals surface area contributed by atoms with Crippen LogP contribution in [0.2, 0.25) is 0 Å². The lowest BCUT2D eigenvalue weighted by Gasteiger charge is -2.33. The van der Waals surface area contributed by atoms with E-state index in [1.165, 1.54) is 13.7 Å². The smallest absolute Gasteiger partial charge is 0.340 e. The Morgan fingerprint density at radius 1 is 1.27 bits per heavy atom. The van der Waals surface area contributed by atoms with Crippen LogP contribution in [0.1, 0.15) is 17.3 Å². The Bertz CT molecular complexity index is 679. The van der Waals surface area contributed by atoms with Crippen molar-refractivity contribution in [3.63, 3.8) is 0 Å². The highest BCUT2D eigenvalue weighted by Crippen LogP contribution is 2.27. The van der Waals surface area contributed by atoms with Crippen LogP contribution in [0.4, 0.5) is 5.82 Å². The number of hydrogen-bond acceptors (Lipinski definition) is 4. The summed E-state index contributed by atoms with van der Waals surface area (Å²) in [6.07, 6.45) is 1.64. The fourth-order valence-corrected chi connectivity index (χ4v) is 3.09. The van der Waals surface area contributed by atoms with Crippen LogP contribution in [-0.2, 0) is 4.74 Å². The van der Waals surface area contributed by atoms with Gasteiger partial charge in [0.2, 0.25) is 0 Å². The number of anilines is 1. The van der Waals surface area contributed by atoms with E-state index >= 15 is 0 Å². The molecular formula is C17H22N3O2+. The number of carbonyl (C=O) groups excluding carboxylic acids is 1. The molecule has 3 rings (SSSR count). The number of fused-ring (bicyclic) bond motifs is 1. The van der Waals surface area contributed by atoms with E-state index in [0.29, 0.717) is 5.56 Å². The molecule has 1 aromatic carbocycles. The fourth-order valence-electron chi connectivity index (χ4n) is 3.09. The Labute approximate surface area is 130 Å². The van der Waals surface area contributed by atoms with E-state index in [0.717, 1.165) is 42.8 Å². The number of hydrogen-bond donors (Lipinski definition) is 1. The monoisotopic (exact) mass is 300 g/mol. The molecule has 116 valence electrons. The maximum Gasteiger partial charge on any atom is 0.340 e. The summed E-state index contributed by atoms with van der Waals surface area (Å²) in [5.74, 6) is 0.633. The lowest BCUT2D eigenvalue weighted by Crippen LogP contribution is -3.14. The van der Waals surface area contributed by atoms with Crippen LogP contribution >= 0.6 is 0 Å². The molecule has 5 heteroatoms. The van der Waals surface area contributed by atoms with E-state index in [2.05, 4.69) is 16.8 Å². The predicted molar refractivity (Wildman–Crippen MR) is 86.5 cm³/mol. The van der Waals surface area contributed by atoms with Crippen LogP contribution in [0.5, 0.6) is 0 Å². The van der Waals surface area contributed by atoms with Gasteiger partial charge in [-0.3, -0.25) is 0 Å². The number of aromatic nitrogens is 1. The Morgan fingerprint density at radius 3 is 2.59 bits per heavy atom. The molecule has 0 atom stereocenters. The third kappa shape index (κ3) is 2.64. The lowest BCUT2D eigenvalue weighted by molar-refractivity contribution is -0.898. The van der Waals surface area contributed by atoms with Gasteiger partial charge in [-0.1, -0.05) is 24.3 Å². The number of carbonyl (C=O) groups is 1. The van der Waals surface area contributed by atoms with Crippen molar-refractivity contribution in [2.45, 2.75) is 6.92 Å². The van der Waals surface area contributed by atoms with Crippen LogP contribution in [0.15, 0.2) is 30.5 Å². The second-order valence-electron chi connectivity index (χ2n) is 5.62. The molecule has 1 fully saturated rings. The number of nitrogens with zero attached hydrogens (tertiary/aromatic N) is 2. The van der Waals surface area contributed by atoms with Crippen molar-refractivity contribution in [3.8, 4) is 0 Å². The zero-order chi connectivity index (χ0) is 15.5. The number of benzene rings is 1. The van der Waals surface area contributed by atoms with Gasteiger partial charge < -0.3 is 14.5 Å². The zero-order valence-electron chi connectivity index (χ0n) is 13.1. The van der Waals surface area contributed by atoms with Crippen molar-refractivity contribution in [1.29, 1.82) is 0 Å². The Balaban J connectivity index is 2.00. The molecular weight excluding hydrogens is 278 g/mol. The summed E-state index contributed by atoms with van der Waals surface area (Å²) in [5.41, 5.74) is 0.527. The molecule has 5 nitrogen and oxygen atoms in total. The number of piperazine rings is 1. The first-order chi connectivity index (χ1) is 10.7. The summed E-state index contributed by atoms with van der Waals surface area (Å²) in [4.78, 5) is 20.4. The fraction of sp³-hybridized carbons (Fsp3) is 0.412. The Kier molecular flexibility index (Phi) is 4.24. The first-order valence-electron chi connectivity index (χ1n) is 7.79. The molecule has 1 saturated heterocycles. The number of methoxy groups -OCH3 is 1. The highest BCUT2D eigenvalue weighted by molar-refractivity contribution is 6.07.